The van der Waals surface area contributed by atoms with E-state index in [1.807, 2.05) is 18.2 Å². The first-order valence-electron chi connectivity index (χ1n) is 11.0. The maximum Gasteiger partial charge on any atom is 0.341 e. The maximum atomic E-state index is 12.8. The van der Waals surface area contributed by atoms with Crippen molar-refractivity contribution in [3.8, 4) is 11.5 Å². The van der Waals surface area contributed by atoms with Gasteiger partial charge in [-0.05, 0) is 62.4 Å². The van der Waals surface area contributed by atoms with Gasteiger partial charge >= 0.3 is 5.97 Å². The topological polar surface area (TPSA) is 111 Å². The quantitative estimate of drug-likeness (QED) is 0.303. The molecule has 4 aromatic rings. The van der Waals surface area contributed by atoms with E-state index in [0.717, 1.165) is 31.2 Å². The van der Waals surface area contributed by atoms with E-state index in [1.54, 1.807) is 29.8 Å². The third kappa shape index (κ3) is 4.53. The lowest BCUT2D eigenvalue weighted by atomic mass is 9.95. The molecule has 4 heterocycles. The highest BCUT2D eigenvalue weighted by atomic mass is 32.2. The molecule has 0 aliphatic heterocycles. The largest absolute Gasteiger partial charge is 0.462 e. The maximum absolute atomic E-state index is 12.8. The van der Waals surface area contributed by atoms with Gasteiger partial charge in [-0.25, -0.2) is 4.79 Å². The average Bonchev–Trinajstić information content (AvgIpc) is 3.44. The van der Waals surface area contributed by atoms with Gasteiger partial charge in [0.25, 0.3) is 0 Å². The van der Waals surface area contributed by atoms with E-state index in [0.29, 0.717) is 39.4 Å². The molecule has 0 spiro atoms. The predicted molar refractivity (Wildman–Crippen MR) is 130 cm³/mol. The minimum absolute atomic E-state index is 0.143. The molecular weight excluding hydrogens is 472 g/mol. The Morgan fingerprint density at radius 2 is 2.06 bits per heavy atom. The van der Waals surface area contributed by atoms with Crippen molar-refractivity contribution in [3.63, 3.8) is 0 Å². The Balaban J connectivity index is 1.32. The molecule has 0 saturated carbocycles. The number of aromatic nitrogens is 5. The molecule has 4 aromatic heterocycles. The molecule has 1 aliphatic rings. The van der Waals surface area contributed by atoms with E-state index in [4.69, 9.17) is 4.74 Å². The van der Waals surface area contributed by atoms with E-state index >= 15 is 0 Å². The molecule has 9 nitrogen and oxygen atoms in total. The second-order valence-electron chi connectivity index (χ2n) is 7.65. The summed E-state index contributed by atoms with van der Waals surface area (Å²) in [7, 11) is 0. The lowest BCUT2D eigenvalue weighted by Crippen LogP contribution is -2.17. The van der Waals surface area contributed by atoms with Crippen LogP contribution < -0.4 is 5.32 Å². The number of carbonyl (C=O) groups is 2. The van der Waals surface area contributed by atoms with Gasteiger partial charge in [0.1, 0.15) is 15.7 Å². The fraction of sp³-hybridized carbons (Fsp3) is 0.304. The molecule has 1 N–H and O–H groups in total. The molecule has 1 aliphatic carbocycles. The molecular formula is C23H22N6O3S2. The van der Waals surface area contributed by atoms with E-state index in [1.165, 1.54) is 28.0 Å². The molecule has 0 saturated heterocycles. The lowest BCUT2D eigenvalue weighted by molar-refractivity contribution is -0.113. The monoisotopic (exact) mass is 494 g/mol. The van der Waals surface area contributed by atoms with Crippen LogP contribution in [0.4, 0.5) is 5.00 Å². The zero-order valence-corrected chi connectivity index (χ0v) is 20.1. The summed E-state index contributed by atoms with van der Waals surface area (Å²) < 4.78 is 6.89. The van der Waals surface area contributed by atoms with Crippen molar-refractivity contribution in [2.24, 2.45) is 0 Å². The highest BCUT2D eigenvalue weighted by Crippen LogP contribution is 2.38. The summed E-state index contributed by atoms with van der Waals surface area (Å²) in [4.78, 5) is 30.9. The third-order valence-corrected chi connectivity index (χ3v) is 7.51. The number of nitrogens with one attached hydrogen (secondary N) is 1. The Morgan fingerprint density at radius 1 is 1.18 bits per heavy atom. The molecule has 0 unspecified atom stereocenters. The summed E-state index contributed by atoms with van der Waals surface area (Å²) in [6, 6.07) is 9.15. The first-order valence-corrected chi connectivity index (χ1v) is 12.8. The summed E-state index contributed by atoms with van der Waals surface area (Å²) in [5.41, 5.74) is 2.80. The molecule has 0 aromatic carbocycles. The number of hydrogen-bond donors (Lipinski definition) is 1. The van der Waals surface area contributed by atoms with Crippen LogP contribution in [0.15, 0.2) is 41.6 Å². The van der Waals surface area contributed by atoms with Gasteiger partial charge in [0.2, 0.25) is 11.7 Å². The van der Waals surface area contributed by atoms with Gasteiger partial charge < -0.3 is 10.1 Å². The standard InChI is InChI=1S/C23H22N6O3S2/c1-2-32-23(31)20-14-7-3-4-9-16(14)34-22(20)25-18(30)13-33-19-11-10-17-26-27-21(29(17)28-19)15-8-5-6-12-24-15/h5-6,8,10-12H,2-4,7,9,13H2,1H3,(H,25,30). The van der Waals surface area contributed by atoms with Crippen LogP contribution in [-0.4, -0.2) is 49.0 Å². The molecule has 11 heteroatoms. The van der Waals surface area contributed by atoms with Crippen molar-refractivity contribution in [1.82, 2.24) is 24.8 Å². The molecule has 1 amide bonds. The number of thiophene rings is 1. The number of carbonyl (C=O) groups excluding carboxylic acids is 2. The van der Waals surface area contributed by atoms with Gasteiger partial charge in [0.15, 0.2) is 5.65 Å². The second kappa shape index (κ2) is 9.90. The van der Waals surface area contributed by atoms with Crippen LogP contribution in [0.25, 0.3) is 17.2 Å². The molecule has 0 atom stereocenters. The van der Waals surface area contributed by atoms with E-state index in [2.05, 4.69) is 25.6 Å². The Hall–Kier alpha value is -3.31. The van der Waals surface area contributed by atoms with E-state index in [9.17, 15) is 9.59 Å². The van der Waals surface area contributed by atoms with Gasteiger partial charge in [-0.1, -0.05) is 17.8 Å². The Labute approximate surface area is 204 Å². The van der Waals surface area contributed by atoms with Crippen LogP contribution in [0.1, 0.15) is 40.6 Å². The van der Waals surface area contributed by atoms with Crippen molar-refractivity contribution in [3.05, 3.63) is 52.5 Å². The van der Waals surface area contributed by atoms with Gasteiger partial charge in [-0.3, -0.25) is 9.78 Å². The average molecular weight is 495 g/mol. The minimum atomic E-state index is -0.369. The van der Waals surface area contributed by atoms with Crippen molar-refractivity contribution in [1.29, 1.82) is 0 Å². The van der Waals surface area contributed by atoms with Gasteiger partial charge in [0, 0.05) is 11.1 Å². The SMILES string of the molecule is CCOC(=O)c1c(NC(=O)CSc2ccc3nnc(-c4ccccn4)n3n2)sc2c1CCCC2. The Morgan fingerprint density at radius 3 is 2.88 bits per heavy atom. The van der Waals surface area contributed by atoms with Crippen LogP contribution in [0, 0.1) is 0 Å². The second-order valence-corrected chi connectivity index (χ2v) is 9.75. The van der Waals surface area contributed by atoms with Crippen LogP contribution in [0.3, 0.4) is 0 Å². The first kappa shape index (κ1) is 22.5. The molecule has 174 valence electrons. The van der Waals surface area contributed by atoms with Crippen LogP contribution in [0.5, 0.6) is 0 Å². The van der Waals surface area contributed by atoms with Crippen molar-refractivity contribution in [2.75, 3.05) is 17.7 Å². The first-order chi connectivity index (χ1) is 16.6. The zero-order valence-electron chi connectivity index (χ0n) is 18.5. The van der Waals surface area contributed by atoms with Crippen molar-refractivity contribution in [2.45, 2.75) is 37.6 Å². The minimum Gasteiger partial charge on any atom is -0.462 e. The smallest absolute Gasteiger partial charge is 0.341 e. The number of nitrogens with zero attached hydrogens (tertiary/aromatic N) is 5. The number of esters is 1. The number of anilines is 1. The van der Waals surface area contributed by atoms with Crippen molar-refractivity contribution < 1.29 is 14.3 Å². The highest BCUT2D eigenvalue weighted by Gasteiger charge is 2.27. The van der Waals surface area contributed by atoms with E-state index in [-0.39, 0.29) is 17.6 Å². The summed E-state index contributed by atoms with van der Waals surface area (Å²) >= 11 is 2.78. The molecule has 0 fully saturated rings. The number of fused-ring (bicyclic) bond motifs is 2. The van der Waals surface area contributed by atoms with Gasteiger partial charge in [-0.2, -0.15) is 9.61 Å². The summed E-state index contributed by atoms with van der Waals surface area (Å²) in [6.45, 7) is 2.08. The van der Waals surface area contributed by atoms with Crippen LogP contribution in [-0.2, 0) is 22.4 Å². The third-order valence-electron chi connectivity index (χ3n) is 5.39. The number of thioether (sulfide) groups is 1. The number of amides is 1. The fourth-order valence-electron chi connectivity index (χ4n) is 3.88. The number of ether oxygens (including phenoxy) is 1. The zero-order chi connectivity index (χ0) is 23.5. The Bertz CT molecular complexity index is 1350. The number of pyridine rings is 1. The number of hydrogen-bond acceptors (Lipinski definition) is 9. The summed E-state index contributed by atoms with van der Waals surface area (Å²) in [6.07, 6.45) is 5.59. The van der Waals surface area contributed by atoms with Crippen molar-refractivity contribution >= 4 is 45.6 Å². The van der Waals surface area contributed by atoms with Crippen LogP contribution in [0.2, 0.25) is 0 Å². The number of aryl methyl sites for hydroxylation is 1. The Kier molecular flexibility index (Phi) is 6.54. The highest BCUT2D eigenvalue weighted by molar-refractivity contribution is 7.99. The molecule has 5 rings (SSSR count). The molecule has 34 heavy (non-hydrogen) atoms. The summed E-state index contributed by atoms with van der Waals surface area (Å²) in [5, 5.41) is 17.1. The summed E-state index contributed by atoms with van der Waals surface area (Å²) in [5.74, 6) is 0.104. The van der Waals surface area contributed by atoms with E-state index < -0.39 is 0 Å². The van der Waals surface area contributed by atoms with Gasteiger partial charge in [-0.15, -0.1) is 21.5 Å². The number of rotatable bonds is 7. The lowest BCUT2D eigenvalue weighted by Gasteiger charge is -2.12. The van der Waals surface area contributed by atoms with Gasteiger partial charge in [0.05, 0.1) is 17.9 Å². The predicted octanol–water partition coefficient (Wildman–Crippen LogP) is 4.03. The fourth-order valence-corrected chi connectivity index (χ4v) is 5.83. The molecule has 0 radical (unpaired) electrons. The van der Waals surface area contributed by atoms with Crippen LogP contribution >= 0.6 is 23.1 Å². The normalized spacial score (nSPS) is 13.0. The molecule has 0 bridgehead atoms.